The Hall–Kier alpha value is -3.35. The number of methoxy groups -OCH3 is 1. The van der Waals surface area contributed by atoms with Crippen molar-refractivity contribution in [3.05, 3.63) is 59.4 Å². The van der Waals surface area contributed by atoms with Crippen molar-refractivity contribution in [1.82, 2.24) is 0 Å². The number of benzene rings is 2. The van der Waals surface area contributed by atoms with Crippen molar-refractivity contribution in [2.75, 3.05) is 7.11 Å². The van der Waals surface area contributed by atoms with Gasteiger partial charge in [0.2, 0.25) is 0 Å². The highest BCUT2D eigenvalue weighted by molar-refractivity contribution is 6.00. The first kappa shape index (κ1) is 37.5. The Morgan fingerprint density at radius 2 is 1.67 bits per heavy atom. The Bertz CT molecular complexity index is 1410. The van der Waals surface area contributed by atoms with Crippen LogP contribution in [-0.2, 0) is 10.3 Å². The number of aliphatic hydroxyl groups is 5. The molecule has 2 heterocycles. The second-order valence-corrected chi connectivity index (χ2v) is 13.9. The number of phenolic OH excluding ortho intramolecular Hbond substituents is 2. The van der Waals surface area contributed by atoms with Crippen LogP contribution in [0.3, 0.4) is 0 Å². The Morgan fingerprint density at radius 3 is 2.31 bits per heavy atom. The summed E-state index contributed by atoms with van der Waals surface area (Å²) in [5.41, 5.74) is -0.422. The number of ether oxygens (including phenoxy) is 3. The number of ketones is 1. The molecule has 2 aromatic rings. The molecule has 0 bridgehead atoms. The van der Waals surface area contributed by atoms with E-state index in [1.165, 1.54) is 49.8 Å². The molecule has 266 valence electrons. The number of aliphatic hydroxyl groups excluding tert-OH is 5. The van der Waals surface area contributed by atoms with Crippen LogP contribution in [-0.4, -0.2) is 85.3 Å². The van der Waals surface area contributed by atoms with Crippen LogP contribution in [0.2, 0.25) is 0 Å². The van der Waals surface area contributed by atoms with Gasteiger partial charge in [0.25, 0.3) is 0 Å². The number of phenols is 2. The molecule has 48 heavy (non-hydrogen) atoms. The smallest absolute Gasteiger partial charge is 0.171 e. The fourth-order valence-corrected chi connectivity index (χ4v) is 6.87. The number of aromatic hydroxyl groups is 2. The van der Waals surface area contributed by atoms with E-state index in [1.807, 2.05) is 0 Å². The Labute approximate surface area is 282 Å². The summed E-state index contributed by atoms with van der Waals surface area (Å²) in [7, 11) is 1.38. The van der Waals surface area contributed by atoms with Crippen LogP contribution in [0, 0.1) is 11.8 Å². The molecule has 1 saturated heterocycles. The maximum atomic E-state index is 13.5. The standard InChI is InChI=1S/C37H52O11/c1-21(2)7-5-9-23(20-38)10-6-8-22(3)11-15-27(40)35-33(44)32(43)34(45)36(47-35)37(24-12-16-30(46-4)28(41)17-24)19-29(42)26-14-13-25(39)18-31(26)48-37/h12-14,16-18,20-22,27,32-36,38-41,43-45H,5-11,15,19H2,1-4H3/t22?,27?,32-,33-,34+,35+,36?,37?/m0/s1. The number of Topliss-reactive ketones (excluding diaryl/α,β-unsaturated/α-hetero) is 1. The molecule has 0 amide bonds. The van der Waals surface area contributed by atoms with Crippen molar-refractivity contribution in [1.29, 1.82) is 0 Å². The maximum Gasteiger partial charge on any atom is 0.171 e. The fraction of sp³-hybridized carbons (Fsp3) is 0.595. The first-order chi connectivity index (χ1) is 22.8. The minimum absolute atomic E-state index is 0.00279. The van der Waals surface area contributed by atoms with Crippen molar-refractivity contribution in [3.63, 3.8) is 0 Å². The summed E-state index contributed by atoms with van der Waals surface area (Å²) in [5.74, 6) is 0.114. The summed E-state index contributed by atoms with van der Waals surface area (Å²) < 4.78 is 17.8. The minimum atomic E-state index is -1.85. The zero-order valence-corrected chi connectivity index (χ0v) is 28.3. The third-order valence-corrected chi connectivity index (χ3v) is 9.75. The quantitative estimate of drug-likeness (QED) is 0.126. The van der Waals surface area contributed by atoms with Crippen LogP contribution in [0.5, 0.6) is 23.0 Å². The fourth-order valence-electron chi connectivity index (χ4n) is 6.87. The molecule has 0 radical (unpaired) electrons. The first-order valence-corrected chi connectivity index (χ1v) is 16.9. The van der Waals surface area contributed by atoms with E-state index in [-0.39, 0.29) is 52.9 Å². The molecule has 2 aliphatic heterocycles. The Morgan fingerprint density at radius 1 is 0.958 bits per heavy atom. The average Bonchev–Trinajstić information content (AvgIpc) is 3.05. The highest BCUT2D eigenvalue weighted by Crippen LogP contribution is 2.48. The highest BCUT2D eigenvalue weighted by Gasteiger charge is 2.58. The lowest BCUT2D eigenvalue weighted by Crippen LogP contribution is -2.67. The van der Waals surface area contributed by atoms with Gasteiger partial charge >= 0.3 is 0 Å². The lowest BCUT2D eigenvalue weighted by molar-refractivity contribution is -0.279. The predicted octanol–water partition coefficient (Wildman–Crippen LogP) is 5.03. The molecule has 2 aromatic carbocycles. The normalized spacial score (nSPS) is 27.3. The predicted molar refractivity (Wildman–Crippen MR) is 178 cm³/mol. The number of hydrogen-bond donors (Lipinski definition) is 7. The van der Waals surface area contributed by atoms with Crippen molar-refractivity contribution in [2.45, 2.75) is 121 Å². The van der Waals surface area contributed by atoms with E-state index in [9.17, 15) is 40.5 Å². The largest absolute Gasteiger partial charge is 0.516 e. The van der Waals surface area contributed by atoms with Crippen molar-refractivity contribution >= 4 is 5.78 Å². The number of carbonyl (C=O) groups excluding carboxylic acids is 1. The summed E-state index contributed by atoms with van der Waals surface area (Å²) in [4.78, 5) is 13.5. The minimum Gasteiger partial charge on any atom is -0.516 e. The third-order valence-electron chi connectivity index (χ3n) is 9.75. The van der Waals surface area contributed by atoms with Gasteiger partial charge in [-0.3, -0.25) is 4.79 Å². The van der Waals surface area contributed by atoms with Gasteiger partial charge in [0.1, 0.15) is 42.0 Å². The van der Waals surface area contributed by atoms with E-state index in [0.29, 0.717) is 12.3 Å². The van der Waals surface area contributed by atoms with Crippen LogP contribution >= 0.6 is 0 Å². The SMILES string of the molecule is COc1ccc(C2(C3O[C@H](C(O)CCC(C)CCCC(=CO)CCCC(C)C)[C@@H](O)[C@H](O)[C@H]3O)CC(=O)c3ccc(O)cc3O2)cc1O. The molecule has 7 N–H and O–H groups in total. The molecule has 4 unspecified atom stereocenters. The number of rotatable bonds is 15. The molecular formula is C37H52O11. The molecule has 0 saturated carbocycles. The number of hydrogen-bond acceptors (Lipinski definition) is 11. The zero-order chi connectivity index (χ0) is 35.2. The van der Waals surface area contributed by atoms with Crippen LogP contribution < -0.4 is 9.47 Å². The van der Waals surface area contributed by atoms with E-state index < -0.39 is 48.0 Å². The molecule has 11 heteroatoms. The van der Waals surface area contributed by atoms with Gasteiger partial charge in [0.05, 0.1) is 31.5 Å². The molecule has 8 atom stereocenters. The topological polar surface area (TPSA) is 186 Å². The second kappa shape index (κ2) is 16.4. The summed E-state index contributed by atoms with van der Waals surface area (Å²) in [6.07, 6.45) is -2.10. The number of fused-ring (bicyclic) bond motifs is 1. The average molecular weight is 673 g/mol. The number of allylic oxidation sites excluding steroid dienone is 1. The highest BCUT2D eigenvalue weighted by atomic mass is 16.6. The Balaban J connectivity index is 1.52. The van der Waals surface area contributed by atoms with E-state index >= 15 is 0 Å². The van der Waals surface area contributed by atoms with Gasteiger partial charge < -0.3 is 50.0 Å². The lowest BCUT2D eigenvalue weighted by Gasteiger charge is -2.51. The van der Waals surface area contributed by atoms with Gasteiger partial charge in [-0.25, -0.2) is 0 Å². The first-order valence-electron chi connectivity index (χ1n) is 16.9. The van der Waals surface area contributed by atoms with Crippen molar-refractivity contribution in [3.8, 4) is 23.0 Å². The van der Waals surface area contributed by atoms with E-state index in [4.69, 9.17) is 14.2 Å². The molecule has 0 aromatic heterocycles. The zero-order valence-electron chi connectivity index (χ0n) is 28.3. The van der Waals surface area contributed by atoms with Gasteiger partial charge in [0.15, 0.2) is 22.9 Å². The summed E-state index contributed by atoms with van der Waals surface area (Å²) in [6, 6.07) is 8.31. The third kappa shape index (κ3) is 8.44. The van der Waals surface area contributed by atoms with Crippen LogP contribution in [0.15, 0.2) is 48.2 Å². The molecule has 4 rings (SSSR count). The van der Waals surface area contributed by atoms with E-state index in [2.05, 4.69) is 20.8 Å². The lowest BCUT2D eigenvalue weighted by atomic mass is 9.74. The van der Waals surface area contributed by atoms with Gasteiger partial charge in [-0.05, 0) is 80.2 Å². The molecular weight excluding hydrogens is 620 g/mol. The molecule has 11 nitrogen and oxygen atoms in total. The van der Waals surface area contributed by atoms with Crippen LogP contribution in [0.25, 0.3) is 0 Å². The summed E-state index contributed by atoms with van der Waals surface area (Å²) >= 11 is 0. The monoisotopic (exact) mass is 672 g/mol. The second-order valence-electron chi connectivity index (χ2n) is 13.9. The number of carbonyl (C=O) groups is 1. The van der Waals surface area contributed by atoms with E-state index in [0.717, 1.165) is 44.1 Å². The van der Waals surface area contributed by atoms with E-state index in [1.54, 1.807) is 0 Å². The van der Waals surface area contributed by atoms with Crippen molar-refractivity contribution in [2.24, 2.45) is 11.8 Å². The van der Waals surface area contributed by atoms with Crippen LogP contribution in [0.4, 0.5) is 0 Å². The van der Waals surface area contributed by atoms with Gasteiger partial charge in [-0.2, -0.15) is 0 Å². The summed E-state index contributed by atoms with van der Waals surface area (Å²) in [5, 5.41) is 75.2. The van der Waals surface area contributed by atoms with Gasteiger partial charge in [0, 0.05) is 11.6 Å². The molecule has 1 fully saturated rings. The van der Waals surface area contributed by atoms with Gasteiger partial charge in [-0.1, -0.05) is 39.7 Å². The maximum absolute atomic E-state index is 13.5. The van der Waals surface area contributed by atoms with Crippen molar-refractivity contribution < 1.29 is 54.8 Å². The molecule has 0 aliphatic carbocycles. The molecule has 2 aliphatic rings. The Kier molecular flexibility index (Phi) is 12.8. The molecule has 0 spiro atoms. The van der Waals surface area contributed by atoms with Crippen LogP contribution in [0.1, 0.15) is 94.5 Å². The summed E-state index contributed by atoms with van der Waals surface area (Å²) in [6.45, 7) is 6.42. The van der Waals surface area contributed by atoms with Gasteiger partial charge in [-0.15, -0.1) is 0 Å².